The average Bonchev–Trinajstić information content (AvgIpc) is 2.80. The summed E-state index contributed by atoms with van der Waals surface area (Å²) in [5.74, 6) is 0.704. The summed E-state index contributed by atoms with van der Waals surface area (Å²) in [7, 11) is 0. The highest BCUT2D eigenvalue weighted by atomic mass is 16.5. The molecule has 0 unspecified atom stereocenters. The van der Waals surface area contributed by atoms with Gasteiger partial charge in [0.2, 0.25) is 5.82 Å². The van der Waals surface area contributed by atoms with E-state index >= 15 is 0 Å². The summed E-state index contributed by atoms with van der Waals surface area (Å²) in [4.78, 5) is 4.40. The van der Waals surface area contributed by atoms with E-state index in [0.29, 0.717) is 18.4 Å². The smallest absolute Gasteiger partial charge is 0.321 e. The molecule has 0 aromatic carbocycles. The maximum atomic E-state index is 5.94. The molecule has 1 fully saturated rings. The zero-order valence-electron chi connectivity index (χ0n) is 10.7. The van der Waals surface area contributed by atoms with E-state index in [1.165, 1.54) is 19.3 Å². The van der Waals surface area contributed by atoms with Crippen LogP contribution in [0.2, 0.25) is 0 Å². The van der Waals surface area contributed by atoms with Gasteiger partial charge in [0, 0.05) is 13.2 Å². The molecule has 1 aliphatic rings. The monoisotopic (exact) mass is 239 g/mol. The van der Waals surface area contributed by atoms with Crippen molar-refractivity contribution in [3.05, 3.63) is 5.82 Å². The van der Waals surface area contributed by atoms with E-state index in [2.05, 4.69) is 15.5 Å². The molecule has 0 aliphatic heterocycles. The van der Waals surface area contributed by atoms with Gasteiger partial charge in [0.15, 0.2) is 0 Å². The predicted molar refractivity (Wildman–Crippen MR) is 64.9 cm³/mol. The molecule has 0 bridgehead atoms. The quantitative estimate of drug-likeness (QED) is 0.856. The van der Waals surface area contributed by atoms with Crippen molar-refractivity contribution in [3.8, 4) is 0 Å². The Morgan fingerprint density at radius 2 is 2.06 bits per heavy atom. The molecule has 1 heterocycles. The summed E-state index contributed by atoms with van der Waals surface area (Å²) in [5, 5.41) is 7.11. The van der Waals surface area contributed by atoms with E-state index in [1.807, 2.05) is 13.8 Å². The minimum atomic E-state index is -0.315. The van der Waals surface area contributed by atoms with E-state index in [4.69, 9.17) is 9.26 Å². The molecule has 5 nitrogen and oxygen atoms in total. The van der Waals surface area contributed by atoms with Gasteiger partial charge in [0.25, 0.3) is 0 Å². The Labute approximate surface area is 102 Å². The Balaban J connectivity index is 2.18. The number of hydrogen-bond donors (Lipinski definition) is 1. The number of hydrogen-bond acceptors (Lipinski definition) is 5. The highest BCUT2D eigenvalue weighted by Gasteiger charge is 2.39. The molecular formula is C12H21N3O2. The number of aromatic nitrogens is 2. The SMILES string of the molecule is CCNc1nc(C2(OCC)CCCCC2)no1. The maximum Gasteiger partial charge on any atom is 0.321 e. The van der Waals surface area contributed by atoms with Gasteiger partial charge in [-0.05, 0) is 26.7 Å². The lowest BCUT2D eigenvalue weighted by Gasteiger charge is -2.33. The number of ether oxygens (including phenoxy) is 1. The molecule has 0 spiro atoms. The molecule has 2 rings (SSSR count). The van der Waals surface area contributed by atoms with Gasteiger partial charge in [-0.1, -0.05) is 24.4 Å². The Morgan fingerprint density at radius 3 is 2.71 bits per heavy atom. The number of nitrogens with zero attached hydrogens (tertiary/aromatic N) is 2. The standard InChI is InChI=1S/C12H21N3O2/c1-3-13-11-14-10(15-17-11)12(16-4-2)8-6-5-7-9-12/h3-9H2,1-2H3,(H,13,14,15). The van der Waals surface area contributed by atoms with Crippen molar-refractivity contribution in [2.45, 2.75) is 51.6 Å². The summed E-state index contributed by atoms with van der Waals surface area (Å²) < 4.78 is 11.1. The van der Waals surface area contributed by atoms with Crippen LogP contribution in [0.3, 0.4) is 0 Å². The Kier molecular flexibility index (Phi) is 3.99. The lowest BCUT2D eigenvalue weighted by molar-refractivity contribution is -0.0777. The summed E-state index contributed by atoms with van der Waals surface area (Å²) in [6.07, 6.45) is 5.60. The summed E-state index contributed by atoms with van der Waals surface area (Å²) in [5.41, 5.74) is -0.315. The molecule has 5 heteroatoms. The van der Waals surface area contributed by atoms with E-state index in [0.717, 1.165) is 19.4 Å². The van der Waals surface area contributed by atoms with Gasteiger partial charge in [-0.25, -0.2) is 0 Å². The van der Waals surface area contributed by atoms with Crippen LogP contribution >= 0.6 is 0 Å². The zero-order chi connectivity index (χ0) is 12.1. The van der Waals surface area contributed by atoms with Gasteiger partial charge in [0.1, 0.15) is 5.60 Å². The molecule has 0 radical (unpaired) electrons. The first-order valence-corrected chi connectivity index (χ1v) is 6.53. The van der Waals surface area contributed by atoms with Crippen molar-refractivity contribution in [2.24, 2.45) is 0 Å². The fourth-order valence-corrected chi connectivity index (χ4v) is 2.46. The van der Waals surface area contributed by atoms with Crippen LogP contribution in [-0.4, -0.2) is 23.3 Å². The second-order valence-electron chi connectivity index (χ2n) is 4.44. The van der Waals surface area contributed by atoms with E-state index in [-0.39, 0.29) is 5.60 Å². The van der Waals surface area contributed by atoms with Crippen molar-refractivity contribution in [1.29, 1.82) is 0 Å². The fourth-order valence-electron chi connectivity index (χ4n) is 2.46. The van der Waals surface area contributed by atoms with Gasteiger partial charge in [-0.3, -0.25) is 0 Å². The van der Waals surface area contributed by atoms with Gasteiger partial charge in [-0.15, -0.1) is 0 Å². The molecule has 96 valence electrons. The minimum Gasteiger partial charge on any atom is -0.367 e. The molecule has 0 atom stereocenters. The fraction of sp³-hybridized carbons (Fsp3) is 0.833. The van der Waals surface area contributed by atoms with Crippen LogP contribution in [-0.2, 0) is 10.3 Å². The lowest BCUT2D eigenvalue weighted by atomic mass is 9.84. The molecule has 1 saturated carbocycles. The van der Waals surface area contributed by atoms with Crippen molar-refractivity contribution >= 4 is 6.01 Å². The van der Waals surface area contributed by atoms with Crippen LogP contribution in [0.5, 0.6) is 0 Å². The Bertz CT molecular complexity index is 340. The number of nitrogens with one attached hydrogen (secondary N) is 1. The third-order valence-corrected chi connectivity index (χ3v) is 3.24. The van der Waals surface area contributed by atoms with Crippen LogP contribution < -0.4 is 5.32 Å². The largest absolute Gasteiger partial charge is 0.367 e. The third-order valence-electron chi connectivity index (χ3n) is 3.24. The zero-order valence-corrected chi connectivity index (χ0v) is 10.7. The predicted octanol–water partition coefficient (Wildman–Crippen LogP) is 2.70. The van der Waals surface area contributed by atoms with E-state index in [1.54, 1.807) is 0 Å². The molecule has 1 aromatic rings. The normalized spacial score (nSPS) is 19.2. The average molecular weight is 239 g/mol. The van der Waals surface area contributed by atoms with E-state index < -0.39 is 0 Å². The second kappa shape index (κ2) is 5.49. The summed E-state index contributed by atoms with van der Waals surface area (Å²) >= 11 is 0. The minimum absolute atomic E-state index is 0.315. The van der Waals surface area contributed by atoms with Gasteiger partial charge in [0.05, 0.1) is 0 Å². The van der Waals surface area contributed by atoms with Gasteiger partial charge < -0.3 is 14.6 Å². The molecule has 1 aromatic heterocycles. The van der Waals surface area contributed by atoms with Crippen molar-refractivity contribution in [1.82, 2.24) is 10.1 Å². The Morgan fingerprint density at radius 1 is 1.29 bits per heavy atom. The first kappa shape index (κ1) is 12.4. The van der Waals surface area contributed by atoms with Crippen LogP contribution in [0.1, 0.15) is 51.8 Å². The molecule has 0 saturated heterocycles. The highest BCUT2D eigenvalue weighted by Crippen LogP contribution is 2.39. The molecule has 1 N–H and O–H groups in total. The molecule has 17 heavy (non-hydrogen) atoms. The first-order valence-electron chi connectivity index (χ1n) is 6.53. The number of rotatable bonds is 5. The Hall–Kier alpha value is -1.10. The molecular weight excluding hydrogens is 218 g/mol. The molecule has 1 aliphatic carbocycles. The molecule has 0 amide bonds. The first-order chi connectivity index (χ1) is 8.30. The third kappa shape index (κ3) is 2.60. The topological polar surface area (TPSA) is 60.2 Å². The van der Waals surface area contributed by atoms with Crippen molar-refractivity contribution in [2.75, 3.05) is 18.5 Å². The summed E-state index contributed by atoms with van der Waals surface area (Å²) in [6, 6.07) is 0.493. The lowest BCUT2D eigenvalue weighted by Crippen LogP contribution is -2.33. The van der Waals surface area contributed by atoms with Crippen molar-refractivity contribution in [3.63, 3.8) is 0 Å². The maximum absolute atomic E-state index is 5.94. The van der Waals surface area contributed by atoms with E-state index in [9.17, 15) is 0 Å². The van der Waals surface area contributed by atoms with Crippen LogP contribution in [0.25, 0.3) is 0 Å². The van der Waals surface area contributed by atoms with Crippen molar-refractivity contribution < 1.29 is 9.26 Å². The highest BCUT2D eigenvalue weighted by molar-refractivity contribution is 5.20. The number of anilines is 1. The summed E-state index contributed by atoms with van der Waals surface area (Å²) in [6.45, 7) is 5.48. The van der Waals surface area contributed by atoms with Gasteiger partial charge >= 0.3 is 6.01 Å². The van der Waals surface area contributed by atoms with Crippen LogP contribution in [0, 0.1) is 0 Å². The van der Waals surface area contributed by atoms with Crippen LogP contribution in [0.15, 0.2) is 4.52 Å². The second-order valence-corrected chi connectivity index (χ2v) is 4.44. The van der Waals surface area contributed by atoms with Crippen LogP contribution in [0.4, 0.5) is 6.01 Å². The van der Waals surface area contributed by atoms with Gasteiger partial charge in [-0.2, -0.15) is 4.98 Å².